The first-order valence-electron chi connectivity index (χ1n) is 6.23. The summed E-state index contributed by atoms with van der Waals surface area (Å²) >= 11 is 0. The van der Waals surface area contributed by atoms with Crippen LogP contribution in [0.5, 0.6) is 0 Å². The van der Waals surface area contributed by atoms with E-state index in [1.54, 1.807) is 12.5 Å². The first-order chi connectivity index (χ1) is 9.15. The summed E-state index contributed by atoms with van der Waals surface area (Å²) in [5, 5.41) is 0. The maximum absolute atomic E-state index is 13.5. The molecule has 0 N–H and O–H groups in total. The van der Waals surface area contributed by atoms with Gasteiger partial charge in [0.15, 0.2) is 0 Å². The molecule has 0 atom stereocenters. The molecule has 5 heteroatoms. The molecule has 1 aromatic heterocycles. The van der Waals surface area contributed by atoms with Crippen LogP contribution in [-0.2, 0) is 13.1 Å². The average molecular weight is 265 g/mol. The van der Waals surface area contributed by atoms with Crippen LogP contribution in [0, 0.1) is 11.6 Å². The molecule has 3 nitrogen and oxygen atoms in total. The van der Waals surface area contributed by atoms with Crippen molar-refractivity contribution in [2.24, 2.45) is 0 Å². The third kappa shape index (κ3) is 4.13. The van der Waals surface area contributed by atoms with Gasteiger partial charge in [-0.2, -0.15) is 0 Å². The number of nitrogens with zero attached hydrogens (tertiary/aromatic N) is 3. The lowest BCUT2D eigenvalue weighted by Gasteiger charge is -2.17. The number of imidazole rings is 1. The zero-order valence-corrected chi connectivity index (χ0v) is 10.9. The molecule has 1 aromatic carbocycles. The maximum Gasteiger partial charge on any atom is 0.130 e. The van der Waals surface area contributed by atoms with Crippen LogP contribution in [0.4, 0.5) is 8.78 Å². The molecule has 0 saturated heterocycles. The van der Waals surface area contributed by atoms with Crippen molar-refractivity contribution in [2.45, 2.75) is 19.5 Å². The summed E-state index contributed by atoms with van der Waals surface area (Å²) < 4.78 is 28.3. The van der Waals surface area contributed by atoms with Crippen LogP contribution in [0.1, 0.15) is 12.0 Å². The van der Waals surface area contributed by atoms with Gasteiger partial charge in [-0.05, 0) is 26.1 Å². The van der Waals surface area contributed by atoms with Gasteiger partial charge >= 0.3 is 0 Å². The summed E-state index contributed by atoms with van der Waals surface area (Å²) in [6.07, 6.45) is 6.40. The molecule has 102 valence electrons. The lowest BCUT2D eigenvalue weighted by Crippen LogP contribution is -2.21. The lowest BCUT2D eigenvalue weighted by molar-refractivity contribution is 0.309. The Labute approximate surface area is 111 Å². The van der Waals surface area contributed by atoms with Crippen LogP contribution in [0.15, 0.2) is 36.9 Å². The predicted molar refractivity (Wildman–Crippen MR) is 69.5 cm³/mol. The highest BCUT2D eigenvalue weighted by Gasteiger charge is 2.06. The van der Waals surface area contributed by atoms with Crippen molar-refractivity contribution in [3.8, 4) is 0 Å². The third-order valence-electron chi connectivity index (χ3n) is 2.97. The molecule has 19 heavy (non-hydrogen) atoms. The molecule has 0 aliphatic heterocycles. The number of hydrogen-bond acceptors (Lipinski definition) is 2. The molecular formula is C14H17F2N3. The fourth-order valence-electron chi connectivity index (χ4n) is 1.96. The molecule has 0 spiro atoms. The molecule has 0 bridgehead atoms. The number of benzene rings is 1. The van der Waals surface area contributed by atoms with Gasteiger partial charge in [-0.25, -0.2) is 13.8 Å². The fourth-order valence-corrected chi connectivity index (χ4v) is 1.96. The standard InChI is InChI=1S/C14H17F2N3/c1-18(6-2-7-19-8-5-17-11-19)10-12-3-4-13(15)9-14(12)16/h3-5,8-9,11H,2,6-7,10H2,1H3. The number of aromatic nitrogens is 2. The molecule has 1 heterocycles. The van der Waals surface area contributed by atoms with Gasteiger partial charge in [0.25, 0.3) is 0 Å². The van der Waals surface area contributed by atoms with Crippen molar-refractivity contribution < 1.29 is 8.78 Å². The van der Waals surface area contributed by atoms with Crippen LogP contribution in [0.25, 0.3) is 0 Å². The van der Waals surface area contributed by atoms with Crippen molar-refractivity contribution in [1.29, 1.82) is 0 Å². The highest BCUT2D eigenvalue weighted by Crippen LogP contribution is 2.11. The second-order valence-electron chi connectivity index (χ2n) is 4.63. The minimum absolute atomic E-state index is 0.482. The smallest absolute Gasteiger partial charge is 0.130 e. The average Bonchev–Trinajstić information content (AvgIpc) is 2.86. The van der Waals surface area contributed by atoms with E-state index in [1.165, 1.54) is 12.1 Å². The van der Waals surface area contributed by atoms with E-state index in [9.17, 15) is 8.78 Å². The van der Waals surface area contributed by atoms with Crippen LogP contribution in [-0.4, -0.2) is 28.0 Å². The topological polar surface area (TPSA) is 21.1 Å². The molecule has 0 aliphatic rings. The van der Waals surface area contributed by atoms with Gasteiger partial charge in [0, 0.05) is 37.1 Å². The van der Waals surface area contributed by atoms with E-state index in [2.05, 4.69) is 4.98 Å². The number of aryl methyl sites for hydroxylation is 1. The van der Waals surface area contributed by atoms with E-state index >= 15 is 0 Å². The zero-order chi connectivity index (χ0) is 13.7. The van der Waals surface area contributed by atoms with Crippen molar-refractivity contribution in [3.63, 3.8) is 0 Å². The van der Waals surface area contributed by atoms with Gasteiger partial charge in [0.2, 0.25) is 0 Å². The van der Waals surface area contributed by atoms with Gasteiger partial charge in [-0.3, -0.25) is 0 Å². The van der Waals surface area contributed by atoms with E-state index in [0.717, 1.165) is 25.6 Å². The largest absolute Gasteiger partial charge is 0.337 e. The fraction of sp³-hybridized carbons (Fsp3) is 0.357. The Morgan fingerprint density at radius 3 is 2.84 bits per heavy atom. The monoisotopic (exact) mass is 265 g/mol. The predicted octanol–water partition coefficient (Wildman–Crippen LogP) is 2.68. The molecule has 2 rings (SSSR count). The Bertz CT molecular complexity index is 511. The Morgan fingerprint density at radius 2 is 2.16 bits per heavy atom. The van der Waals surface area contributed by atoms with E-state index in [-0.39, 0.29) is 0 Å². The number of hydrogen-bond donors (Lipinski definition) is 0. The second-order valence-corrected chi connectivity index (χ2v) is 4.63. The first-order valence-corrected chi connectivity index (χ1v) is 6.23. The van der Waals surface area contributed by atoms with Crippen LogP contribution in [0.2, 0.25) is 0 Å². The van der Waals surface area contributed by atoms with Gasteiger partial charge in [-0.15, -0.1) is 0 Å². The second kappa shape index (κ2) is 6.43. The lowest BCUT2D eigenvalue weighted by atomic mass is 10.2. The minimum Gasteiger partial charge on any atom is -0.337 e. The normalized spacial score (nSPS) is 11.2. The molecule has 0 amide bonds. The molecule has 0 saturated carbocycles. The van der Waals surface area contributed by atoms with E-state index in [4.69, 9.17) is 0 Å². The quantitative estimate of drug-likeness (QED) is 0.800. The number of halogens is 2. The summed E-state index contributed by atoms with van der Waals surface area (Å²) in [4.78, 5) is 5.99. The highest BCUT2D eigenvalue weighted by atomic mass is 19.1. The molecular weight excluding hydrogens is 248 g/mol. The Balaban J connectivity index is 1.79. The summed E-state index contributed by atoms with van der Waals surface area (Å²) in [6, 6.07) is 3.71. The molecule has 0 aliphatic carbocycles. The van der Waals surface area contributed by atoms with Gasteiger partial charge in [0.05, 0.1) is 6.33 Å². The van der Waals surface area contributed by atoms with Gasteiger partial charge in [0.1, 0.15) is 11.6 Å². The molecule has 0 fully saturated rings. The van der Waals surface area contributed by atoms with Crippen molar-refractivity contribution in [3.05, 3.63) is 54.1 Å². The summed E-state index contributed by atoms with van der Waals surface area (Å²) in [7, 11) is 1.93. The van der Waals surface area contributed by atoms with Crippen molar-refractivity contribution in [2.75, 3.05) is 13.6 Å². The van der Waals surface area contributed by atoms with Crippen LogP contribution >= 0.6 is 0 Å². The van der Waals surface area contributed by atoms with Crippen LogP contribution in [0.3, 0.4) is 0 Å². The number of rotatable bonds is 6. The van der Waals surface area contributed by atoms with Crippen LogP contribution < -0.4 is 0 Å². The SMILES string of the molecule is CN(CCCn1ccnc1)Cc1ccc(F)cc1F. The molecule has 2 aromatic rings. The highest BCUT2D eigenvalue weighted by molar-refractivity contribution is 5.18. The minimum atomic E-state index is -0.538. The zero-order valence-electron chi connectivity index (χ0n) is 10.9. The Kier molecular flexibility index (Phi) is 4.63. The van der Waals surface area contributed by atoms with Crippen molar-refractivity contribution >= 4 is 0 Å². The first kappa shape index (κ1) is 13.7. The van der Waals surface area contributed by atoms with Gasteiger partial charge in [-0.1, -0.05) is 6.07 Å². The summed E-state index contributed by atoms with van der Waals surface area (Å²) in [5.41, 5.74) is 0.520. The van der Waals surface area contributed by atoms with E-state index < -0.39 is 11.6 Å². The maximum atomic E-state index is 13.5. The van der Waals surface area contributed by atoms with Gasteiger partial charge < -0.3 is 9.47 Å². The Morgan fingerprint density at radius 1 is 1.32 bits per heavy atom. The van der Waals surface area contributed by atoms with E-state index in [1.807, 2.05) is 22.7 Å². The molecule has 0 unspecified atom stereocenters. The van der Waals surface area contributed by atoms with Crippen molar-refractivity contribution in [1.82, 2.24) is 14.5 Å². The third-order valence-corrected chi connectivity index (χ3v) is 2.97. The summed E-state index contributed by atoms with van der Waals surface area (Å²) in [5.74, 6) is -1.02. The van der Waals surface area contributed by atoms with E-state index in [0.29, 0.717) is 12.1 Å². The molecule has 0 radical (unpaired) electrons. The summed E-state index contributed by atoms with van der Waals surface area (Å²) in [6.45, 7) is 2.21. The Hall–Kier alpha value is -1.75.